The summed E-state index contributed by atoms with van der Waals surface area (Å²) in [6, 6.07) is 4.83. The van der Waals surface area contributed by atoms with Gasteiger partial charge in [0, 0.05) is 12.1 Å². The topological polar surface area (TPSA) is 97.4 Å². The molecule has 2 aromatic heterocycles. The van der Waals surface area contributed by atoms with E-state index in [-0.39, 0.29) is 24.1 Å². The number of hydrogen-bond acceptors (Lipinski definition) is 5. The summed E-state index contributed by atoms with van der Waals surface area (Å²) in [5, 5.41) is 7.62. The Morgan fingerprint density at radius 3 is 2.64 bits per heavy atom. The molecular formula is C14H18ClN3O3S. The lowest BCUT2D eigenvalue weighted by Gasteiger charge is -2.18. The molecule has 0 aliphatic rings. The minimum absolute atomic E-state index is 0. The van der Waals surface area contributed by atoms with E-state index >= 15 is 0 Å². The third-order valence-corrected chi connectivity index (χ3v) is 3.42. The highest BCUT2D eigenvalue weighted by Crippen LogP contribution is 2.24. The number of thiophene rings is 1. The number of nitrogens with two attached hydrogens (primary N) is 1. The van der Waals surface area contributed by atoms with E-state index in [0.29, 0.717) is 17.1 Å². The van der Waals surface area contributed by atoms with Crippen LogP contribution in [0.25, 0.3) is 0 Å². The zero-order chi connectivity index (χ0) is 15.5. The summed E-state index contributed by atoms with van der Waals surface area (Å²) in [7, 11) is 0. The summed E-state index contributed by atoms with van der Waals surface area (Å²) in [6.45, 7) is 3.98. The molecule has 22 heavy (non-hydrogen) atoms. The molecule has 0 aliphatic heterocycles. The summed E-state index contributed by atoms with van der Waals surface area (Å²) in [4.78, 5) is 24.0. The van der Waals surface area contributed by atoms with Crippen LogP contribution >= 0.6 is 23.7 Å². The molecule has 0 atom stereocenters. The van der Waals surface area contributed by atoms with Crippen LogP contribution in [0.5, 0.6) is 0 Å². The molecular weight excluding hydrogens is 326 g/mol. The van der Waals surface area contributed by atoms with Crippen LogP contribution < -0.4 is 16.4 Å². The van der Waals surface area contributed by atoms with Gasteiger partial charge in [-0.1, -0.05) is 0 Å². The molecule has 0 aromatic carbocycles. The van der Waals surface area contributed by atoms with Crippen LogP contribution in [0.4, 0.5) is 5.00 Å². The van der Waals surface area contributed by atoms with Gasteiger partial charge in [0.15, 0.2) is 5.76 Å². The number of amides is 2. The van der Waals surface area contributed by atoms with E-state index in [9.17, 15) is 9.59 Å². The quantitative estimate of drug-likeness (QED) is 0.776. The zero-order valence-electron chi connectivity index (χ0n) is 12.2. The molecule has 0 bridgehead atoms. The molecule has 0 fully saturated rings. The number of hydrogen-bond donors (Lipinski definition) is 3. The molecule has 120 valence electrons. The summed E-state index contributed by atoms with van der Waals surface area (Å²) in [5.74, 6) is -0.474. The SMILES string of the molecule is CC(C)(N)CNC(=O)c1ccsc1NC(=O)c1ccco1.Cl. The predicted molar refractivity (Wildman–Crippen MR) is 88.8 cm³/mol. The van der Waals surface area contributed by atoms with Crippen molar-refractivity contribution < 1.29 is 14.0 Å². The lowest BCUT2D eigenvalue weighted by Crippen LogP contribution is -2.45. The Morgan fingerprint density at radius 2 is 2.05 bits per heavy atom. The first kappa shape index (κ1) is 18.2. The van der Waals surface area contributed by atoms with Gasteiger partial charge in [-0.2, -0.15) is 0 Å². The standard InChI is InChI=1S/C14H17N3O3S.ClH/c1-14(2,15)8-16-11(18)9-5-7-21-13(9)17-12(19)10-4-3-6-20-10;/h3-7H,8,15H2,1-2H3,(H,16,18)(H,17,19);1H. The molecule has 0 radical (unpaired) electrons. The highest BCUT2D eigenvalue weighted by Gasteiger charge is 2.19. The number of carbonyl (C=O) groups excluding carboxylic acids is 2. The second-order valence-electron chi connectivity index (χ2n) is 5.27. The van der Waals surface area contributed by atoms with Gasteiger partial charge in [0.2, 0.25) is 0 Å². The first-order chi connectivity index (χ1) is 9.87. The third-order valence-electron chi connectivity index (χ3n) is 2.59. The molecule has 4 N–H and O–H groups in total. The first-order valence-corrected chi connectivity index (χ1v) is 7.24. The fourth-order valence-corrected chi connectivity index (χ4v) is 2.34. The highest BCUT2D eigenvalue weighted by atomic mass is 35.5. The van der Waals surface area contributed by atoms with Crippen molar-refractivity contribution in [3.05, 3.63) is 41.2 Å². The molecule has 0 saturated carbocycles. The largest absolute Gasteiger partial charge is 0.459 e. The van der Waals surface area contributed by atoms with Gasteiger partial charge >= 0.3 is 0 Å². The van der Waals surface area contributed by atoms with E-state index in [2.05, 4.69) is 10.6 Å². The number of furan rings is 1. The van der Waals surface area contributed by atoms with Crippen molar-refractivity contribution in [1.82, 2.24) is 5.32 Å². The fraction of sp³-hybridized carbons (Fsp3) is 0.286. The molecule has 2 heterocycles. The van der Waals surface area contributed by atoms with Crippen molar-refractivity contribution in [2.24, 2.45) is 5.73 Å². The molecule has 8 heteroatoms. The van der Waals surface area contributed by atoms with Gasteiger partial charge in [-0.05, 0) is 37.4 Å². The average Bonchev–Trinajstić information content (AvgIpc) is 3.05. The lowest BCUT2D eigenvalue weighted by molar-refractivity contribution is 0.0947. The maximum Gasteiger partial charge on any atom is 0.291 e. The Hall–Kier alpha value is -1.83. The minimum atomic E-state index is -0.497. The van der Waals surface area contributed by atoms with Crippen molar-refractivity contribution in [3.63, 3.8) is 0 Å². The maximum atomic E-state index is 12.1. The van der Waals surface area contributed by atoms with Crippen LogP contribution in [0.2, 0.25) is 0 Å². The van der Waals surface area contributed by atoms with E-state index in [0.717, 1.165) is 0 Å². The van der Waals surface area contributed by atoms with E-state index < -0.39 is 11.4 Å². The van der Waals surface area contributed by atoms with E-state index in [1.807, 2.05) is 13.8 Å². The second kappa shape index (κ2) is 7.44. The van der Waals surface area contributed by atoms with Gasteiger partial charge in [-0.25, -0.2) is 0 Å². The van der Waals surface area contributed by atoms with Crippen LogP contribution in [0.1, 0.15) is 34.8 Å². The number of anilines is 1. The molecule has 0 saturated heterocycles. The monoisotopic (exact) mass is 343 g/mol. The number of rotatable bonds is 5. The van der Waals surface area contributed by atoms with Crippen molar-refractivity contribution in [2.75, 3.05) is 11.9 Å². The molecule has 2 aromatic rings. The van der Waals surface area contributed by atoms with Crippen molar-refractivity contribution in [2.45, 2.75) is 19.4 Å². The molecule has 0 aliphatic carbocycles. The Labute approximate surface area is 138 Å². The second-order valence-corrected chi connectivity index (χ2v) is 6.18. The number of nitrogens with one attached hydrogen (secondary N) is 2. The van der Waals surface area contributed by atoms with Crippen molar-refractivity contribution in [1.29, 1.82) is 0 Å². The van der Waals surface area contributed by atoms with E-state index in [1.165, 1.54) is 17.6 Å². The zero-order valence-corrected chi connectivity index (χ0v) is 13.8. The van der Waals surface area contributed by atoms with Gasteiger partial charge in [0.05, 0.1) is 11.8 Å². The first-order valence-electron chi connectivity index (χ1n) is 6.36. The smallest absolute Gasteiger partial charge is 0.291 e. The van der Waals surface area contributed by atoms with Gasteiger partial charge < -0.3 is 20.8 Å². The number of carbonyl (C=O) groups is 2. The van der Waals surface area contributed by atoms with Crippen LogP contribution in [-0.2, 0) is 0 Å². The Morgan fingerprint density at radius 1 is 1.32 bits per heavy atom. The van der Waals surface area contributed by atoms with Crippen LogP contribution in [0, 0.1) is 0 Å². The van der Waals surface area contributed by atoms with E-state index in [1.54, 1.807) is 23.6 Å². The predicted octanol–water partition coefficient (Wildman–Crippen LogP) is 2.48. The molecule has 0 spiro atoms. The van der Waals surface area contributed by atoms with Crippen LogP contribution in [0.15, 0.2) is 34.3 Å². The van der Waals surface area contributed by atoms with Gasteiger partial charge in [0.1, 0.15) is 5.00 Å². The van der Waals surface area contributed by atoms with Crippen molar-refractivity contribution >= 4 is 40.6 Å². The normalized spacial score (nSPS) is 10.7. The summed E-state index contributed by atoms with van der Waals surface area (Å²) < 4.78 is 5.01. The Balaban J connectivity index is 0.00000242. The summed E-state index contributed by atoms with van der Waals surface area (Å²) in [6.07, 6.45) is 1.42. The Kier molecular flexibility index (Phi) is 6.16. The maximum absolute atomic E-state index is 12.1. The van der Waals surface area contributed by atoms with Gasteiger partial charge in [0.25, 0.3) is 11.8 Å². The fourth-order valence-electron chi connectivity index (χ4n) is 1.56. The van der Waals surface area contributed by atoms with Crippen molar-refractivity contribution in [3.8, 4) is 0 Å². The van der Waals surface area contributed by atoms with Crippen LogP contribution in [-0.4, -0.2) is 23.9 Å². The lowest BCUT2D eigenvalue weighted by atomic mass is 10.1. The molecule has 6 nitrogen and oxygen atoms in total. The van der Waals surface area contributed by atoms with Gasteiger partial charge in [-0.3, -0.25) is 9.59 Å². The van der Waals surface area contributed by atoms with Gasteiger partial charge in [-0.15, -0.1) is 23.7 Å². The molecule has 2 rings (SSSR count). The Bertz CT molecular complexity index is 632. The molecule has 2 amide bonds. The highest BCUT2D eigenvalue weighted by molar-refractivity contribution is 7.14. The average molecular weight is 344 g/mol. The summed E-state index contributed by atoms with van der Waals surface area (Å²) >= 11 is 1.27. The molecule has 0 unspecified atom stereocenters. The van der Waals surface area contributed by atoms with Crippen LogP contribution in [0.3, 0.4) is 0 Å². The third kappa shape index (κ3) is 4.87. The minimum Gasteiger partial charge on any atom is -0.459 e. The number of halogens is 1. The van der Waals surface area contributed by atoms with E-state index in [4.69, 9.17) is 10.2 Å². The summed E-state index contributed by atoms with van der Waals surface area (Å²) in [5.41, 5.74) is 5.74.